The van der Waals surface area contributed by atoms with Crippen LogP contribution in [0.2, 0.25) is 0 Å². The van der Waals surface area contributed by atoms with Crippen LogP contribution in [0.5, 0.6) is 0 Å². The van der Waals surface area contributed by atoms with Gasteiger partial charge in [0.2, 0.25) is 10.0 Å². The fourth-order valence-electron chi connectivity index (χ4n) is 2.59. The van der Waals surface area contributed by atoms with Crippen molar-refractivity contribution in [1.29, 1.82) is 0 Å². The molecule has 0 aliphatic carbocycles. The first-order chi connectivity index (χ1) is 11.1. The second kappa shape index (κ2) is 7.09. The number of fused-ring (bicyclic) bond motifs is 1. The van der Waals surface area contributed by atoms with Crippen molar-refractivity contribution in [2.24, 2.45) is 0 Å². The Labute approximate surface area is 145 Å². The van der Waals surface area contributed by atoms with Crippen molar-refractivity contribution in [1.82, 2.24) is 10.0 Å². The van der Waals surface area contributed by atoms with Crippen molar-refractivity contribution in [3.05, 3.63) is 36.4 Å². The second-order valence-corrected chi connectivity index (χ2v) is 8.83. The minimum atomic E-state index is -3.56. The first-order valence-electron chi connectivity index (χ1n) is 8.05. The Balaban J connectivity index is 2.29. The van der Waals surface area contributed by atoms with Crippen LogP contribution >= 0.6 is 0 Å². The molecule has 0 bridgehead atoms. The average Bonchev–Trinajstić information content (AvgIpc) is 2.49. The summed E-state index contributed by atoms with van der Waals surface area (Å²) >= 11 is 0. The Kier molecular flexibility index (Phi) is 5.52. The zero-order valence-electron chi connectivity index (χ0n) is 15.1. The third-order valence-corrected chi connectivity index (χ3v) is 5.22. The number of hydrogen-bond acceptors (Lipinski definition) is 4. The van der Waals surface area contributed by atoms with Crippen LogP contribution in [-0.4, -0.2) is 41.1 Å². The molecule has 0 spiro atoms. The van der Waals surface area contributed by atoms with Crippen molar-refractivity contribution < 1.29 is 8.42 Å². The molecular weight excluding hydrogens is 322 g/mol. The largest absolute Gasteiger partial charge is 0.377 e. The zero-order valence-corrected chi connectivity index (χ0v) is 15.9. The van der Waals surface area contributed by atoms with Gasteiger partial charge in [-0.3, -0.25) is 0 Å². The third kappa shape index (κ3) is 4.47. The molecule has 0 unspecified atom stereocenters. The molecular formula is C18H27N3O2S. The smallest absolute Gasteiger partial charge is 0.241 e. The predicted molar refractivity (Wildman–Crippen MR) is 101 cm³/mol. The molecule has 2 N–H and O–H groups in total. The van der Waals surface area contributed by atoms with Gasteiger partial charge in [0, 0.05) is 49.2 Å². The van der Waals surface area contributed by atoms with Gasteiger partial charge in [-0.2, -0.15) is 0 Å². The number of benzene rings is 2. The molecule has 0 aliphatic heterocycles. The summed E-state index contributed by atoms with van der Waals surface area (Å²) < 4.78 is 28.1. The lowest BCUT2D eigenvalue weighted by molar-refractivity contribution is 0.428. The molecule has 2 aromatic rings. The molecule has 0 radical (unpaired) electrons. The highest BCUT2D eigenvalue weighted by Crippen LogP contribution is 2.29. The Hall–Kier alpha value is -1.63. The third-order valence-electron chi connectivity index (χ3n) is 3.70. The van der Waals surface area contributed by atoms with Crippen LogP contribution in [0, 0.1) is 0 Å². The molecule has 0 atom stereocenters. The summed E-state index contributed by atoms with van der Waals surface area (Å²) in [6.07, 6.45) is 0. The van der Waals surface area contributed by atoms with Crippen LogP contribution in [0.25, 0.3) is 10.8 Å². The molecule has 2 aromatic carbocycles. The van der Waals surface area contributed by atoms with E-state index in [0.717, 1.165) is 16.5 Å². The summed E-state index contributed by atoms with van der Waals surface area (Å²) in [4.78, 5) is 2.30. The molecule has 5 nitrogen and oxygen atoms in total. The predicted octanol–water partition coefficient (Wildman–Crippen LogP) is 2.57. The zero-order chi connectivity index (χ0) is 18.0. The van der Waals surface area contributed by atoms with E-state index in [2.05, 4.69) is 30.8 Å². The second-order valence-electron chi connectivity index (χ2n) is 7.10. The van der Waals surface area contributed by atoms with Gasteiger partial charge in [-0.1, -0.05) is 24.3 Å². The SMILES string of the molecule is CN(C)c1cccc2c(S(=O)(=O)NCCNC(C)(C)C)cccc12. The standard InChI is InChI=1S/C18H27N3O2S/c1-18(2,3)19-12-13-20-24(22,23)17-11-7-8-14-15(17)9-6-10-16(14)21(4)5/h6-11,19-20H,12-13H2,1-5H3. The number of nitrogens with one attached hydrogen (secondary N) is 2. The molecule has 0 heterocycles. The Morgan fingerprint density at radius 2 is 1.58 bits per heavy atom. The highest BCUT2D eigenvalue weighted by atomic mass is 32.2. The molecule has 2 rings (SSSR count). The van der Waals surface area contributed by atoms with Gasteiger partial charge in [0.05, 0.1) is 4.90 Å². The van der Waals surface area contributed by atoms with E-state index in [1.165, 1.54) is 0 Å². The van der Waals surface area contributed by atoms with Crippen molar-refractivity contribution in [2.45, 2.75) is 31.2 Å². The number of rotatable bonds is 6. The Bertz CT molecular complexity index is 809. The molecule has 132 valence electrons. The summed E-state index contributed by atoms with van der Waals surface area (Å²) in [5.74, 6) is 0. The first kappa shape index (κ1) is 18.7. The summed E-state index contributed by atoms with van der Waals surface area (Å²) in [5, 5.41) is 4.94. The summed E-state index contributed by atoms with van der Waals surface area (Å²) in [5.41, 5.74) is 0.963. The number of anilines is 1. The summed E-state index contributed by atoms with van der Waals surface area (Å²) in [7, 11) is 0.346. The van der Waals surface area contributed by atoms with Gasteiger partial charge in [0.25, 0.3) is 0 Å². The van der Waals surface area contributed by atoms with Crippen LogP contribution in [0.15, 0.2) is 41.3 Å². The van der Waals surface area contributed by atoms with Gasteiger partial charge in [-0.25, -0.2) is 13.1 Å². The van der Waals surface area contributed by atoms with Crippen LogP contribution < -0.4 is 14.9 Å². The molecule has 24 heavy (non-hydrogen) atoms. The lowest BCUT2D eigenvalue weighted by atomic mass is 10.1. The van der Waals surface area contributed by atoms with Crippen molar-refractivity contribution in [2.75, 3.05) is 32.1 Å². The first-order valence-corrected chi connectivity index (χ1v) is 9.54. The maximum atomic E-state index is 12.7. The van der Waals surface area contributed by atoms with Gasteiger partial charge < -0.3 is 10.2 Å². The van der Waals surface area contributed by atoms with Crippen molar-refractivity contribution >= 4 is 26.5 Å². The molecule has 6 heteroatoms. The van der Waals surface area contributed by atoms with E-state index in [4.69, 9.17) is 0 Å². The minimum Gasteiger partial charge on any atom is -0.377 e. The number of hydrogen-bond donors (Lipinski definition) is 2. The molecule has 0 fully saturated rings. The van der Waals surface area contributed by atoms with E-state index in [9.17, 15) is 8.42 Å². The van der Waals surface area contributed by atoms with Crippen LogP contribution in [0.3, 0.4) is 0 Å². The monoisotopic (exact) mass is 349 g/mol. The van der Waals surface area contributed by atoms with E-state index in [-0.39, 0.29) is 5.54 Å². The fraction of sp³-hybridized carbons (Fsp3) is 0.444. The highest BCUT2D eigenvalue weighted by molar-refractivity contribution is 7.89. The van der Waals surface area contributed by atoms with Gasteiger partial charge >= 0.3 is 0 Å². The van der Waals surface area contributed by atoms with E-state index < -0.39 is 10.0 Å². The van der Waals surface area contributed by atoms with Crippen molar-refractivity contribution in [3.63, 3.8) is 0 Å². The minimum absolute atomic E-state index is 0.0362. The molecule has 0 aromatic heterocycles. The fourth-order valence-corrected chi connectivity index (χ4v) is 3.84. The van der Waals surface area contributed by atoms with Crippen LogP contribution in [0.1, 0.15) is 20.8 Å². The molecule has 0 aliphatic rings. The maximum Gasteiger partial charge on any atom is 0.241 e. The Morgan fingerprint density at radius 3 is 2.21 bits per heavy atom. The van der Waals surface area contributed by atoms with Gasteiger partial charge in [0.1, 0.15) is 0 Å². The number of nitrogens with zero attached hydrogens (tertiary/aromatic N) is 1. The van der Waals surface area contributed by atoms with Crippen LogP contribution in [0.4, 0.5) is 5.69 Å². The molecule has 0 saturated heterocycles. The summed E-state index contributed by atoms with van der Waals surface area (Å²) in [6.45, 7) is 7.08. The van der Waals surface area contributed by atoms with E-state index in [0.29, 0.717) is 18.0 Å². The summed E-state index contributed by atoms with van der Waals surface area (Å²) in [6, 6.07) is 11.1. The van der Waals surface area contributed by atoms with Crippen molar-refractivity contribution in [3.8, 4) is 0 Å². The van der Waals surface area contributed by atoms with Gasteiger partial charge in [0.15, 0.2) is 0 Å². The van der Waals surface area contributed by atoms with E-state index in [1.54, 1.807) is 12.1 Å². The van der Waals surface area contributed by atoms with Gasteiger partial charge in [-0.15, -0.1) is 0 Å². The van der Waals surface area contributed by atoms with Crippen LogP contribution in [-0.2, 0) is 10.0 Å². The number of sulfonamides is 1. The van der Waals surface area contributed by atoms with E-state index >= 15 is 0 Å². The topological polar surface area (TPSA) is 61.4 Å². The van der Waals surface area contributed by atoms with E-state index in [1.807, 2.05) is 43.3 Å². The average molecular weight is 350 g/mol. The molecule has 0 amide bonds. The molecule has 0 saturated carbocycles. The van der Waals surface area contributed by atoms with Gasteiger partial charge in [-0.05, 0) is 32.9 Å². The lowest BCUT2D eigenvalue weighted by Crippen LogP contribution is -2.41. The maximum absolute atomic E-state index is 12.7. The lowest BCUT2D eigenvalue weighted by Gasteiger charge is -2.20. The Morgan fingerprint density at radius 1 is 0.958 bits per heavy atom. The quantitative estimate of drug-likeness (QED) is 0.787. The normalized spacial score (nSPS) is 12.5. The highest BCUT2D eigenvalue weighted by Gasteiger charge is 2.18.